The molecule has 7 heteroatoms. The zero-order chi connectivity index (χ0) is 17.1. The van der Waals surface area contributed by atoms with Crippen LogP contribution in [0, 0.1) is 13.8 Å². The number of rotatable bonds is 4. The molecular formula is C16H18BrN3O3. The normalized spacial score (nSPS) is 11.9. The number of nitrogens with zero attached hydrogens (tertiary/aromatic N) is 2. The molecule has 1 N–H and O–H groups in total. The quantitative estimate of drug-likeness (QED) is 0.828. The third-order valence-electron chi connectivity index (χ3n) is 3.49. The van der Waals surface area contributed by atoms with Crippen molar-refractivity contribution in [2.75, 3.05) is 5.32 Å². The lowest BCUT2D eigenvalue weighted by Gasteiger charge is -2.14. The van der Waals surface area contributed by atoms with Crippen molar-refractivity contribution in [2.45, 2.75) is 26.9 Å². The first-order chi connectivity index (χ1) is 10.8. The molecule has 0 aliphatic heterocycles. The SMILES string of the molecule is Cc1nn(C)c(C)c1NC(=O)[C@@H](C)OC(=O)c1ccc(Br)cc1. The van der Waals surface area contributed by atoms with Crippen LogP contribution in [0.3, 0.4) is 0 Å². The molecular weight excluding hydrogens is 362 g/mol. The van der Waals surface area contributed by atoms with E-state index in [2.05, 4.69) is 26.3 Å². The van der Waals surface area contributed by atoms with E-state index in [1.165, 1.54) is 6.92 Å². The Morgan fingerprint density at radius 2 is 1.87 bits per heavy atom. The fourth-order valence-corrected chi connectivity index (χ4v) is 2.31. The number of ether oxygens (including phenoxy) is 1. The predicted molar refractivity (Wildman–Crippen MR) is 90.3 cm³/mol. The van der Waals surface area contributed by atoms with E-state index in [1.807, 2.05) is 6.92 Å². The average molecular weight is 380 g/mol. The number of aryl methyl sites for hydroxylation is 2. The van der Waals surface area contributed by atoms with Gasteiger partial charge in [0.05, 0.1) is 22.6 Å². The molecule has 0 aliphatic carbocycles. The molecule has 1 aromatic carbocycles. The van der Waals surface area contributed by atoms with Gasteiger partial charge in [-0.05, 0) is 45.0 Å². The molecule has 6 nitrogen and oxygen atoms in total. The van der Waals surface area contributed by atoms with Crippen LogP contribution >= 0.6 is 15.9 Å². The summed E-state index contributed by atoms with van der Waals surface area (Å²) in [5.41, 5.74) is 2.58. The molecule has 1 amide bonds. The van der Waals surface area contributed by atoms with Crippen LogP contribution < -0.4 is 5.32 Å². The molecule has 122 valence electrons. The van der Waals surface area contributed by atoms with E-state index in [-0.39, 0.29) is 0 Å². The number of carbonyl (C=O) groups is 2. The zero-order valence-corrected chi connectivity index (χ0v) is 15.0. The Bertz CT molecular complexity index is 738. The first kappa shape index (κ1) is 17.2. The Balaban J connectivity index is 2.02. The van der Waals surface area contributed by atoms with Crippen LogP contribution in [-0.4, -0.2) is 27.8 Å². The third-order valence-corrected chi connectivity index (χ3v) is 4.02. The summed E-state index contributed by atoms with van der Waals surface area (Å²) in [7, 11) is 1.80. The monoisotopic (exact) mass is 379 g/mol. The third kappa shape index (κ3) is 3.98. The molecule has 2 aromatic rings. The number of hydrogen-bond donors (Lipinski definition) is 1. The maximum Gasteiger partial charge on any atom is 0.338 e. The summed E-state index contributed by atoms with van der Waals surface area (Å²) in [6.07, 6.45) is -0.912. The minimum Gasteiger partial charge on any atom is -0.449 e. The molecule has 0 fully saturated rings. The summed E-state index contributed by atoms with van der Waals surface area (Å²) >= 11 is 3.30. The van der Waals surface area contributed by atoms with Crippen molar-refractivity contribution in [2.24, 2.45) is 7.05 Å². The first-order valence-electron chi connectivity index (χ1n) is 7.07. The zero-order valence-electron chi connectivity index (χ0n) is 13.4. The van der Waals surface area contributed by atoms with Crippen LogP contribution in [-0.2, 0) is 16.6 Å². The Kier molecular flexibility index (Phi) is 5.20. The van der Waals surface area contributed by atoms with Gasteiger partial charge in [-0.3, -0.25) is 9.48 Å². The van der Waals surface area contributed by atoms with Crippen molar-refractivity contribution in [1.82, 2.24) is 9.78 Å². The largest absolute Gasteiger partial charge is 0.449 e. The lowest BCUT2D eigenvalue weighted by atomic mass is 10.2. The number of anilines is 1. The number of halogens is 1. The Hall–Kier alpha value is -2.15. The molecule has 0 saturated heterocycles. The minimum absolute atomic E-state index is 0.390. The molecule has 0 saturated carbocycles. The van der Waals surface area contributed by atoms with E-state index < -0.39 is 18.0 Å². The molecule has 1 aromatic heterocycles. The van der Waals surface area contributed by atoms with Crippen molar-refractivity contribution in [3.63, 3.8) is 0 Å². The fourth-order valence-electron chi connectivity index (χ4n) is 2.05. The second kappa shape index (κ2) is 6.95. The number of hydrogen-bond acceptors (Lipinski definition) is 4. The van der Waals surface area contributed by atoms with Crippen molar-refractivity contribution in [3.8, 4) is 0 Å². The van der Waals surface area contributed by atoms with Crippen LogP contribution in [0.5, 0.6) is 0 Å². The summed E-state index contributed by atoms with van der Waals surface area (Å²) in [4.78, 5) is 24.2. The molecule has 0 radical (unpaired) electrons. The highest BCUT2D eigenvalue weighted by Gasteiger charge is 2.21. The van der Waals surface area contributed by atoms with Crippen LogP contribution in [0.4, 0.5) is 5.69 Å². The summed E-state index contributed by atoms with van der Waals surface area (Å²) in [5.74, 6) is -0.936. The number of benzene rings is 1. The number of amides is 1. The number of nitrogens with one attached hydrogen (secondary N) is 1. The van der Waals surface area contributed by atoms with Gasteiger partial charge in [0, 0.05) is 11.5 Å². The average Bonchev–Trinajstić information content (AvgIpc) is 2.74. The maximum absolute atomic E-state index is 12.2. The van der Waals surface area contributed by atoms with E-state index in [9.17, 15) is 9.59 Å². The van der Waals surface area contributed by atoms with Crippen molar-refractivity contribution < 1.29 is 14.3 Å². The molecule has 1 atom stereocenters. The van der Waals surface area contributed by atoms with Gasteiger partial charge >= 0.3 is 5.97 Å². The Morgan fingerprint density at radius 1 is 1.26 bits per heavy atom. The number of carbonyl (C=O) groups excluding carboxylic acids is 2. The summed E-state index contributed by atoms with van der Waals surface area (Å²) in [6, 6.07) is 6.74. The molecule has 23 heavy (non-hydrogen) atoms. The van der Waals surface area contributed by atoms with E-state index in [1.54, 1.807) is 42.9 Å². The van der Waals surface area contributed by atoms with Gasteiger partial charge in [0.15, 0.2) is 6.10 Å². The molecule has 0 aliphatic rings. The van der Waals surface area contributed by atoms with Crippen molar-refractivity contribution >= 4 is 33.5 Å². The van der Waals surface area contributed by atoms with Gasteiger partial charge < -0.3 is 10.1 Å². The van der Waals surface area contributed by atoms with Crippen LogP contribution in [0.1, 0.15) is 28.7 Å². The van der Waals surface area contributed by atoms with Crippen LogP contribution in [0.15, 0.2) is 28.7 Å². The number of aromatic nitrogens is 2. The Morgan fingerprint density at radius 3 is 2.39 bits per heavy atom. The Labute approximate surface area is 143 Å². The smallest absolute Gasteiger partial charge is 0.338 e. The molecule has 0 bridgehead atoms. The second-order valence-corrected chi connectivity index (χ2v) is 6.13. The number of esters is 1. The van der Waals surface area contributed by atoms with Gasteiger partial charge in [0.1, 0.15) is 0 Å². The second-order valence-electron chi connectivity index (χ2n) is 5.21. The topological polar surface area (TPSA) is 73.2 Å². The maximum atomic E-state index is 12.2. The van der Waals surface area contributed by atoms with Gasteiger partial charge in [-0.15, -0.1) is 0 Å². The lowest BCUT2D eigenvalue weighted by Crippen LogP contribution is -2.30. The highest BCUT2D eigenvalue weighted by Crippen LogP contribution is 2.19. The standard InChI is InChI=1S/C16H18BrN3O3/c1-9-14(10(2)20(4)19-9)18-15(21)11(3)23-16(22)12-5-7-13(17)8-6-12/h5-8,11H,1-4H3,(H,18,21)/t11-/m1/s1. The molecule has 2 rings (SSSR count). The lowest BCUT2D eigenvalue weighted by molar-refractivity contribution is -0.123. The highest BCUT2D eigenvalue weighted by molar-refractivity contribution is 9.10. The minimum atomic E-state index is -0.912. The summed E-state index contributed by atoms with van der Waals surface area (Å²) < 4.78 is 7.75. The van der Waals surface area contributed by atoms with E-state index in [0.717, 1.165) is 10.2 Å². The summed E-state index contributed by atoms with van der Waals surface area (Å²) in [5, 5.41) is 6.99. The van der Waals surface area contributed by atoms with Crippen LogP contribution in [0.2, 0.25) is 0 Å². The van der Waals surface area contributed by atoms with Crippen molar-refractivity contribution in [3.05, 3.63) is 45.7 Å². The van der Waals surface area contributed by atoms with E-state index >= 15 is 0 Å². The summed E-state index contributed by atoms with van der Waals surface area (Å²) in [6.45, 7) is 5.20. The molecule has 0 spiro atoms. The predicted octanol–water partition coefficient (Wildman–Crippen LogP) is 2.98. The first-order valence-corrected chi connectivity index (χ1v) is 7.86. The molecule has 1 heterocycles. The van der Waals surface area contributed by atoms with Gasteiger partial charge in [-0.1, -0.05) is 15.9 Å². The van der Waals surface area contributed by atoms with E-state index in [0.29, 0.717) is 16.9 Å². The highest BCUT2D eigenvalue weighted by atomic mass is 79.9. The van der Waals surface area contributed by atoms with Crippen LogP contribution in [0.25, 0.3) is 0 Å². The van der Waals surface area contributed by atoms with Gasteiger partial charge in [0.25, 0.3) is 5.91 Å². The van der Waals surface area contributed by atoms with Gasteiger partial charge in [-0.25, -0.2) is 4.79 Å². The molecule has 0 unspecified atom stereocenters. The van der Waals surface area contributed by atoms with E-state index in [4.69, 9.17) is 4.74 Å². The van der Waals surface area contributed by atoms with Crippen molar-refractivity contribution in [1.29, 1.82) is 0 Å². The van der Waals surface area contributed by atoms with Gasteiger partial charge in [-0.2, -0.15) is 5.10 Å². The van der Waals surface area contributed by atoms with Gasteiger partial charge in [0.2, 0.25) is 0 Å². The fraction of sp³-hybridized carbons (Fsp3) is 0.312.